The summed E-state index contributed by atoms with van der Waals surface area (Å²) in [4.78, 5) is 6.27. The van der Waals surface area contributed by atoms with Crippen molar-refractivity contribution in [1.82, 2.24) is 10.2 Å². The van der Waals surface area contributed by atoms with Gasteiger partial charge in [0.05, 0.1) is 18.4 Å². The number of hydrogen-bond acceptors (Lipinski definition) is 4. The number of rotatable bonds is 5. The smallest absolute Gasteiger partial charge is 0.194 e. The summed E-state index contributed by atoms with van der Waals surface area (Å²) >= 11 is 0. The largest absolute Gasteiger partial charge is 0.391 e. The third-order valence-electron chi connectivity index (χ3n) is 2.90. The van der Waals surface area contributed by atoms with E-state index in [4.69, 9.17) is 0 Å². The molecule has 0 saturated carbocycles. The quantitative estimate of drug-likeness (QED) is 0.521. The van der Waals surface area contributed by atoms with Gasteiger partial charge in [-0.25, -0.2) is 8.42 Å². The van der Waals surface area contributed by atoms with E-state index in [1.807, 2.05) is 11.8 Å². The lowest BCUT2D eigenvalue weighted by molar-refractivity contribution is 0.188. The number of β-amino-alcohol motifs (C(OH)–C–C–N with tert-alkyl or cyclic N) is 1. The molecule has 6 nitrogen and oxygen atoms in total. The number of aliphatic imine (C=N–C) groups is 1. The van der Waals surface area contributed by atoms with Crippen LogP contribution in [0.3, 0.4) is 0 Å². The zero-order valence-corrected chi connectivity index (χ0v) is 11.9. The van der Waals surface area contributed by atoms with Gasteiger partial charge in [0.2, 0.25) is 0 Å². The summed E-state index contributed by atoms with van der Waals surface area (Å²) < 4.78 is 22.7. The molecule has 2 N–H and O–H groups in total. The van der Waals surface area contributed by atoms with Gasteiger partial charge in [-0.2, -0.15) is 0 Å². The van der Waals surface area contributed by atoms with Gasteiger partial charge in [-0.15, -0.1) is 0 Å². The van der Waals surface area contributed by atoms with Crippen LogP contribution < -0.4 is 5.32 Å². The standard InChI is InChI=1S/C11H23N3O3S/c1-3-12-11(14-7-5-10(15)9-14)13-6-8-18(16,17)4-2/h10,15H,3-9H2,1-2H3,(H,12,13)/t10-/m1/s1. The van der Waals surface area contributed by atoms with Crippen molar-refractivity contribution in [3.05, 3.63) is 0 Å². The number of aliphatic hydroxyl groups is 1. The van der Waals surface area contributed by atoms with Gasteiger partial charge in [0, 0.05) is 25.4 Å². The zero-order valence-electron chi connectivity index (χ0n) is 11.1. The maximum atomic E-state index is 11.4. The van der Waals surface area contributed by atoms with Crippen LogP contribution in [-0.2, 0) is 9.84 Å². The Balaban J connectivity index is 2.56. The fraction of sp³-hybridized carbons (Fsp3) is 0.909. The molecule has 1 aliphatic rings. The molecule has 1 atom stereocenters. The first-order valence-electron chi connectivity index (χ1n) is 6.40. The number of likely N-dealkylation sites (tertiary alicyclic amines) is 1. The van der Waals surface area contributed by atoms with Crippen molar-refractivity contribution < 1.29 is 13.5 Å². The average Bonchev–Trinajstić information content (AvgIpc) is 2.74. The third-order valence-corrected chi connectivity index (χ3v) is 4.59. The molecule has 1 heterocycles. The molecule has 0 unspecified atom stereocenters. The van der Waals surface area contributed by atoms with Crippen LogP contribution >= 0.6 is 0 Å². The highest BCUT2D eigenvalue weighted by atomic mass is 32.2. The normalized spacial score (nSPS) is 21.4. The van der Waals surface area contributed by atoms with E-state index in [2.05, 4.69) is 10.3 Å². The third kappa shape index (κ3) is 4.81. The second-order valence-electron chi connectivity index (χ2n) is 4.36. The Kier molecular flexibility index (Phi) is 5.87. The van der Waals surface area contributed by atoms with Gasteiger partial charge in [-0.05, 0) is 13.3 Å². The molecule has 106 valence electrons. The van der Waals surface area contributed by atoms with Crippen LogP contribution in [0.2, 0.25) is 0 Å². The topological polar surface area (TPSA) is 82.0 Å². The molecule has 7 heteroatoms. The first kappa shape index (κ1) is 15.2. The predicted molar refractivity (Wildman–Crippen MR) is 72.5 cm³/mol. The maximum absolute atomic E-state index is 11.4. The minimum atomic E-state index is -2.97. The molecule has 1 saturated heterocycles. The number of sulfone groups is 1. The van der Waals surface area contributed by atoms with E-state index in [9.17, 15) is 13.5 Å². The van der Waals surface area contributed by atoms with E-state index < -0.39 is 9.84 Å². The maximum Gasteiger partial charge on any atom is 0.194 e. The summed E-state index contributed by atoms with van der Waals surface area (Å²) in [7, 11) is -2.97. The summed E-state index contributed by atoms with van der Waals surface area (Å²) in [6.07, 6.45) is 0.422. The summed E-state index contributed by atoms with van der Waals surface area (Å²) in [5, 5.41) is 12.6. The molecule has 0 aromatic carbocycles. The highest BCUT2D eigenvalue weighted by molar-refractivity contribution is 7.91. The van der Waals surface area contributed by atoms with Crippen molar-refractivity contribution in [2.24, 2.45) is 4.99 Å². The lowest BCUT2D eigenvalue weighted by atomic mass is 10.3. The Bertz CT molecular complexity index is 381. The Morgan fingerprint density at radius 2 is 2.22 bits per heavy atom. The Labute approximate surface area is 109 Å². The van der Waals surface area contributed by atoms with E-state index >= 15 is 0 Å². The first-order valence-corrected chi connectivity index (χ1v) is 8.22. The molecule has 0 aromatic heterocycles. The van der Waals surface area contributed by atoms with Crippen molar-refractivity contribution in [2.75, 3.05) is 37.7 Å². The average molecular weight is 277 g/mol. The van der Waals surface area contributed by atoms with Gasteiger partial charge in [-0.3, -0.25) is 4.99 Å². The monoisotopic (exact) mass is 277 g/mol. The molecular formula is C11H23N3O3S. The molecule has 0 bridgehead atoms. The van der Waals surface area contributed by atoms with Crippen LogP contribution in [0, 0.1) is 0 Å². The lowest BCUT2D eigenvalue weighted by Crippen LogP contribution is -2.40. The SMILES string of the molecule is CCNC(=NCCS(=O)(=O)CC)N1CC[C@@H](O)C1. The summed E-state index contributed by atoms with van der Waals surface area (Å²) in [5.74, 6) is 0.927. The van der Waals surface area contributed by atoms with Gasteiger partial charge in [0.1, 0.15) is 0 Å². The van der Waals surface area contributed by atoms with E-state index in [0.29, 0.717) is 12.5 Å². The highest BCUT2D eigenvalue weighted by Gasteiger charge is 2.22. The van der Waals surface area contributed by atoms with Gasteiger partial charge >= 0.3 is 0 Å². The summed E-state index contributed by atoms with van der Waals surface area (Å²) in [5.41, 5.74) is 0. The van der Waals surface area contributed by atoms with Gasteiger partial charge in [-0.1, -0.05) is 6.92 Å². The van der Waals surface area contributed by atoms with Crippen LogP contribution in [0.25, 0.3) is 0 Å². The number of nitrogens with zero attached hydrogens (tertiary/aromatic N) is 2. The molecular weight excluding hydrogens is 254 g/mol. The molecule has 1 fully saturated rings. The van der Waals surface area contributed by atoms with Crippen molar-refractivity contribution >= 4 is 15.8 Å². The number of guanidine groups is 1. The van der Waals surface area contributed by atoms with Gasteiger partial charge < -0.3 is 15.3 Å². The van der Waals surface area contributed by atoms with Crippen LogP contribution in [-0.4, -0.2) is 68.2 Å². The number of aliphatic hydroxyl groups excluding tert-OH is 1. The first-order chi connectivity index (χ1) is 8.48. The van der Waals surface area contributed by atoms with Crippen molar-refractivity contribution in [1.29, 1.82) is 0 Å². The Hall–Kier alpha value is -0.820. The molecule has 0 spiro atoms. The van der Waals surface area contributed by atoms with E-state index in [1.54, 1.807) is 6.92 Å². The fourth-order valence-corrected chi connectivity index (χ4v) is 2.45. The van der Waals surface area contributed by atoms with Gasteiger partial charge in [0.15, 0.2) is 15.8 Å². The molecule has 1 aliphatic heterocycles. The van der Waals surface area contributed by atoms with Crippen LogP contribution in [0.4, 0.5) is 0 Å². The summed E-state index contributed by atoms with van der Waals surface area (Å²) in [6.45, 7) is 5.92. The Morgan fingerprint density at radius 3 is 2.72 bits per heavy atom. The number of hydrogen-bond donors (Lipinski definition) is 2. The van der Waals surface area contributed by atoms with Crippen LogP contribution in [0.1, 0.15) is 20.3 Å². The van der Waals surface area contributed by atoms with E-state index in [1.165, 1.54) is 0 Å². The van der Waals surface area contributed by atoms with Crippen molar-refractivity contribution in [2.45, 2.75) is 26.4 Å². The van der Waals surface area contributed by atoms with Gasteiger partial charge in [0.25, 0.3) is 0 Å². The predicted octanol–water partition coefficient (Wildman–Crippen LogP) is -0.547. The molecule has 0 aromatic rings. The number of nitrogens with one attached hydrogen (secondary N) is 1. The molecule has 18 heavy (non-hydrogen) atoms. The van der Waals surface area contributed by atoms with Crippen molar-refractivity contribution in [3.8, 4) is 0 Å². The highest BCUT2D eigenvalue weighted by Crippen LogP contribution is 2.08. The minimum Gasteiger partial charge on any atom is -0.391 e. The second-order valence-corrected chi connectivity index (χ2v) is 6.83. The fourth-order valence-electron chi connectivity index (χ4n) is 1.79. The Morgan fingerprint density at radius 1 is 1.50 bits per heavy atom. The molecule has 0 radical (unpaired) electrons. The molecule has 1 rings (SSSR count). The second kappa shape index (κ2) is 6.94. The van der Waals surface area contributed by atoms with Crippen LogP contribution in [0.15, 0.2) is 4.99 Å². The summed E-state index contributed by atoms with van der Waals surface area (Å²) in [6, 6.07) is 0. The van der Waals surface area contributed by atoms with E-state index in [-0.39, 0.29) is 24.2 Å². The molecule has 0 aliphatic carbocycles. The van der Waals surface area contributed by atoms with Crippen LogP contribution in [0.5, 0.6) is 0 Å². The van der Waals surface area contributed by atoms with Crippen molar-refractivity contribution in [3.63, 3.8) is 0 Å². The van der Waals surface area contributed by atoms with E-state index in [0.717, 1.165) is 19.5 Å². The molecule has 0 amide bonds. The minimum absolute atomic E-state index is 0.0782. The zero-order chi connectivity index (χ0) is 13.6. The lowest BCUT2D eigenvalue weighted by Gasteiger charge is -2.20.